The van der Waals surface area contributed by atoms with Crippen molar-refractivity contribution in [2.24, 2.45) is 0 Å². The second kappa shape index (κ2) is 2.34. The molecule has 0 saturated carbocycles. The van der Waals surface area contributed by atoms with Crippen molar-refractivity contribution in [3.8, 4) is 0 Å². The highest BCUT2D eigenvalue weighted by Gasteiger charge is 2.06. The summed E-state index contributed by atoms with van der Waals surface area (Å²) in [6, 6.07) is 4.70. The van der Waals surface area contributed by atoms with Crippen LogP contribution in [-0.2, 0) is 0 Å². The van der Waals surface area contributed by atoms with Gasteiger partial charge in [0.25, 0.3) is 0 Å². The highest BCUT2D eigenvalue weighted by atomic mass is 19.1. The van der Waals surface area contributed by atoms with E-state index in [4.69, 9.17) is 4.42 Å². The molecule has 0 saturated heterocycles. The van der Waals surface area contributed by atoms with Crippen LogP contribution in [0.2, 0.25) is 0 Å². The standard InChI is InChI=1S/C10H9FO/c1-6-9-4-3-8(11)5-10(9)7(2)12-6/h3-5H,1-2H3. The first kappa shape index (κ1) is 7.35. The topological polar surface area (TPSA) is 13.1 Å². The van der Waals surface area contributed by atoms with Gasteiger partial charge < -0.3 is 4.42 Å². The minimum Gasteiger partial charge on any atom is -0.465 e. The van der Waals surface area contributed by atoms with Crippen molar-refractivity contribution in [1.82, 2.24) is 0 Å². The second-order valence-corrected chi connectivity index (χ2v) is 2.90. The lowest BCUT2D eigenvalue weighted by molar-refractivity contribution is 0.510. The Kier molecular flexibility index (Phi) is 1.43. The molecule has 0 fully saturated rings. The third-order valence-electron chi connectivity index (χ3n) is 2.05. The van der Waals surface area contributed by atoms with Crippen LogP contribution in [0.3, 0.4) is 0 Å². The third-order valence-corrected chi connectivity index (χ3v) is 2.05. The molecule has 0 aliphatic heterocycles. The molecule has 0 N–H and O–H groups in total. The molecule has 1 aromatic carbocycles. The molecule has 0 aliphatic rings. The lowest BCUT2D eigenvalue weighted by Crippen LogP contribution is -1.73. The van der Waals surface area contributed by atoms with E-state index in [1.807, 2.05) is 13.8 Å². The van der Waals surface area contributed by atoms with E-state index >= 15 is 0 Å². The Hall–Kier alpha value is -1.31. The molecular weight excluding hydrogens is 155 g/mol. The smallest absolute Gasteiger partial charge is 0.123 e. The monoisotopic (exact) mass is 164 g/mol. The molecule has 12 heavy (non-hydrogen) atoms. The van der Waals surface area contributed by atoms with Crippen molar-refractivity contribution in [3.63, 3.8) is 0 Å². The molecule has 0 amide bonds. The van der Waals surface area contributed by atoms with Crippen LogP contribution in [0.15, 0.2) is 22.6 Å². The van der Waals surface area contributed by atoms with Crippen LogP contribution in [0.1, 0.15) is 11.5 Å². The van der Waals surface area contributed by atoms with Crippen LogP contribution in [-0.4, -0.2) is 0 Å². The van der Waals surface area contributed by atoms with Gasteiger partial charge in [-0.1, -0.05) is 0 Å². The van der Waals surface area contributed by atoms with Gasteiger partial charge in [0.1, 0.15) is 17.3 Å². The zero-order valence-corrected chi connectivity index (χ0v) is 7.02. The van der Waals surface area contributed by atoms with E-state index in [0.717, 1.165) is 22.3 Å². The minimum atomic E-state index is -0.216. The number of hydrogen-bond donors (Lipinski definition) is 0. The maximum atomic E-state index is 12.8. The van der Waals surface area contributed by atoms with E-state index < -0.39 is 0 Å². The van der Waals surface area contributed by atoms with Gasteiger partial charge in [-0.25, -0.2) is 4.39 Å². The SMILES string of the molecule is Cc1oc(C)c2cc(F)ccc12. The summed E-state index contributed by atoms with van der Waals surface area (Å²) in [5, 5.41) is 1.86. The minimum absolute atomic E-state index is 0.216. The number of fused-ring (bicyclic) bond motifs is 1. The van der Waals surface area contributed by atoms with Gasteiger partial charge in [-0.05, 0) is 32.0 Å². The van der Waals surface area contributed by atoms with E-state index in [0.29, 0.717) is 0 Å². The summed E-state index contributed by atoms with van der Waals surface area (Å²) in [7, 11) is 0. The fourth-order valence-electron chi connectivity index (χ4n) is 1.45. The molecule has 0 bridgehead atoms. The van der Waals surface area contributed by atoms with Crippen LogP contribution >= 0.6 is 0 Å². The summed E-state index contributed by atoms with van der Waals surface area (Å²) in [6.45, 7) is 3.72. The Balaban J connectivity index is 2.90. The summed E-state index contributed by atoms with van der Waals surface area (Å²) < 4.78 is 18.1. The predicted molar refractivity (Wildman–Crippen MR) is 45.6 cm³/mol. The molecule has 1 aromatic heterocycles. The van der Waals surface area contributed by atoms with Crippen LogP contribution in [0.5, 0.6) is 0 Å². The van der Waals surface area contributed by atoms with Crippen LogP contribution in [0, 0.1) is 19.7 Å². The lowest BCUT2D eigenvalue weighted by Gasteiger charge is -1.89. The predicted octanol–water partition coefficient (Wildman–Crippen LogP) is 3.19. The maximum Gasteiger partial charge on any atom is 0.123 e. The van der Waals surface area contributed by atoms with Gasteiger partial charge in [0.05, 0.1) is 0 Å². The lowest BCUT2D eigenvalue weighted by atomic mass is 10.1. The number of rotatable bonds is 0. The number of furan rings is 1. The third kappa shape index (κ3) is 0.916. The fraction of sp³-hybridized carbons (Fsp3) is 0.200. The van der Waals surface area contributed by atoms with Crippen molar-refractivity contribution in [2.45, 2.75) is 13.8 Å². The van der Waals surface area contributed by atoms with E-state index in [-0.39, 0.29) is 5.82 Å². The van der Waals surface area contributed by atoms with Gasteiger partial charge in [0.15, 0.2) is 0 Å². The quantitative estimate of drug-likeness (QED) is 0.582. The Labute approximate surface area is 69.8 Å². The number of hydrogen-bond acceptors (Lipinski definition) is 1. The Morgan fingerprint density at radius 2 is 1.75 bits per heavy atom. The summed E-state index contributed by atoms with van der Waals surface area (Å²) in [4.78, 5) is 0. The highest BCUT2D eigenvalue weighted by molar-refractivity contribution is 5.86. The molecule has 0 spiro atoms. The molecule has 0 atom stereocenters. The van der Waals surface area contributed by atoms with E-state index in [1.165, 1.54) is 12.1 Å². The molecule has 2 heteroatoms. The van der Waals surface area contributed by atoms with Crippen molar-refractivity contribution in [1.29, 1.82) is 0 Å². The average Bonchev–Trinajstić information content (AvgIpc) is 2.28. The van der Waals surface area contributed by atoms with Crippen LogP contribution < -0.4 is 0 Å². The van der Waals surface area contributed by atoms with Crippen molar-refractivity contribution < 1.29 is 8.81 Å². The molecule has 1 heterocycles. The van der Waals surface area contributed by atoms with Crippen molar-refractivity contribution in [2.75, 3.05) is 0 Å². The van der Waals surface area contributed by atoms with Gasteiger partial charge in [-0.15, -0.1) is 0 Å². The summed E-state index contributed by atoms with van der Waals surface area (Å²) in [6.07, 6.45) is 0. The van der Waals surface area contributed by atoms with Gasteiger partial charge in [0.2, 0.25) is 0 Å². The van der Waals surface area contributed by atoms with Gasteiger partial charge in [0, 0.05) is 10.8 Å². The Morgan fingerprint density at radius 1 is 1.08 bits per heavy atom. The number of aryl methyl sites for hydroxylation is 2. The molecule has 0 unspecified atom stereocenters. The van der Waals surface area contributed by atoms with Gasteiger partial charge in [-0.2, -0.15) is 0 Å². The molecule has 1 nitrogen and oxygen atoms in total. The number of halogens is 1. The van der Waals surface area contributed by atoms with Crippen LogP contribution in [0.25, 0.3) is 10.8 Å². The summed E-state index contributed by atoms with van der Waals surface area (Å²) >= 11 is 0. The Bertz CT molecular complexity index is 429. The maximum absolute atomic E-state index is 12.8. The molecule has 0 radical (unpaired) electrons. The van der Waals surface area contributed by atoms with Gasteiger partial charge >= 0.3 is 0 Å². The molecule has 2 aromatic rings. The summed E-state index contributed by atoms with van der Waals surface area (Å²) in [5.74, 6) is 1.41. The second-order valence-electron chi connectivity index (χ2n) is 2.90. The van der Waals surface area contributed by atoms with Gasteiger partial charge in [-0.3, -0.25) is 0 Å². The van der Waals surface area contributed by atoms with E-state index in [1.54, 1.807) is 6.07 Å². The van der Waals surface area contributed by atoms with E-state index in [9.17, 15) is 4.39 Å². The zero-order chi connectivity index (χ0) is 8.72. The highest BCUT2D eigenvalue weighted by Crippen LogP contribution is 2.25. The van der Waals surface area contributed by atoms with Crippen LogP contribution in [0.4, 0.5) is 4.39 Å². The first-order valence-electron chi connectivity index (χ1n) is 3.84. The zero-order valence-electron chi connectivity index (χ0n) is 7.02. The first-order valence-corrected chi connectivity index (χ1v) is 3.84. The average molecular weight is 164 g/mol. The van der Waals surface area contributed by atoms with Crippen molar-refractivity contribution in [3.05, 3.63) is 35.5 Å². The van der Waals surface area contributed by atoms with E-state index in [2.05, 4.69) is 0 Å². The first-order chi connectivity index (χ1) is 5.68. The fourth-order valence-corrected chi connectivity index (χ4v) is 1.45. The molecule has 62 valence electrons. The largest absolute Gasteiger partial charge is 0.465 e. The summed E-state index contributed by atoms with van der Waals surface area (Å²) in [5.41, 5.74) is 0. The molecule has 2 rings (SSSR count). The normalized spacial score (nSPS) is 10.9. The molecule has 0 aliphatic carbocycles. The number of benzene rings is 1. The molecular formula is C10H9FO. The Morgan fingerprint density at radius 3 is 2.50 bits per heavy atom. The van der Waals surface area contributed by atoms with Crippen molar-refractivity contribution >= 4 is 10.8 Å².